The van der Waals surface area contributed by atoms with E-state index in [0.29, 0.717) is 0 Å². The number of nitrogens with zero attached hydrogens (tertiary/aromatic N) is 1. The lowest BCUT2D eigenvalue weighted by Crippen LogP contribution is -2.21. The van der Waals surface area contributed by atoms with E-state index in [1.54, 1.807) is 6.07 Å². The van der Waals surface area contributed by atoms with Gasteiger partial charge in [-0.1, -0.05) is 23.9 Å². The van der Waals surface area contributed by atoms with E-state index in [-0.39, 0.29) is 39.3 Å². The number of anilines is 2. The van der Waals surface area contributed by atoms with Gasteiger partial charge in [0.15, 0.2) is 6.61 Å². The number of esters is 1. The third kappa shape index (κ3) is 5.64. The lowest BCUT2D eigenvalue weighted by Gasteiger charge is -2.11. The molecule has 0 unspecified atom stereocenters. The van der Waals surface area contributed by atoms with E-state index < -0.39 is 29.2 Å². The van der Waals surface area contributed by atoms with Crippen LogP contribution in [0.3, 0.4) is 0 Å². The molecule has 0 heterocycles. The van der Waals surface area contributed by atoms with E-state index in [9.17, 15) is 28.5 Å². The number of carbonyl (C=O) groups excluding carboxylic acids is 2. The molecule has 2 rings (SSSR count). The summed E-state index contributed by atoms with van der Waals surface area (Å²) in [4.78, 5) is 34.1. The number of hydrogen-bond donors (Lipinski definition) is 2. The van der Waals surface area contributed by atoms with E-state index in [2.05, 4.69) is 5.32 Å². The van der Waals surface area contributed by atoms with E-state index in [1.807, 2.05) is 0 Å². The maximum absolute atomic E-state index is 12.5. The summed E-state index contributed by atoms with van der Waals surface area (Å²) >= 11 is 0.258. The zero-order valence-electron chi connectivity index (χ0n) is 13.6. The van der Waals surface area contributed by atoms with E-state index in [0.717, 1.165) is 12.1 Å². The van der Waals surface area contributed by atoms with Gasteiger partial charge >= 0.3 is 5.97 Å². The quantitative estimate of drug-likeness (QED) is 0.241. The largest absolute Gasteiger partial charge is 0.452 e. The first-order chi connectivity index (χ1) is 12.8. The van der Waals surface area contributed by atoms with Gasteiger partial charge in [0, 0.05) is 22.7 Å². The molecule has 0 radical (unpaired) electrons. The fourth-order valence-electron chi connectivity index (χ4n) is 2.00. The highest BCUT2D eigenvalue weighted by Gasteiger charge is 2.18. The first-order valence-corrected chi connectivity index (χ1v) is 8.20. The maximum Gasteiger partial charge on any atom is 0.341 e. The highest BCUT2D eigenvalue weighted by Crippen LogP contribution is 2.31. The van der Waals surface area contributed by atoms with Crippen molar-refractivity contribution in [3.8, 4) is 0 Å². The number of nitrogen functional groups attached to an aromatic ring is 1. The average Bonchev–Trinajstić information content (AvgIpc) is 2.61. The number of ether oxygens (including phenoxy) is 1. The minimum absolute atomic E-state index is 0.0512. The molecule has 0 saturated carbocycles. The van der Waals surface area contributed by atoms with Crippen molar-refractivity contribution < 1.29 is 28.0 Å². The first-order valence-electron chi connectivity index (χ1n) is 7.32. The van der Waals surface area contributed by atoms with Gasteiger partial charge in [-0.15, -0.1) is 0 Å². The molecule has 0 atom stereocenters. The summed E-state index contributed by atoms with van der Waals surface area (Å²) in [6.45, 7) is -0.728. The Hall–Kier alpha value is -3.21. The summed E-state index contributed by atoms with van der Waals surface area (Å²) in [5, 5.41) is 13.1. The number of para-hydroxylation sites is 1. The number of thioether (sulfide) groups is 1. The Kier molecular flexibility index (Phi) is 6.66. The van der Waals surface area contributed by atoms with E-state index >= 15 is 0 Å². The van der Waals surface area contributed by atoms with Crippen molar-refractivity contribution in [1.29, 1.82) is 0 Å². The molecule has 0 saturated heterocycles. The Balaban J connectivity index is 2.01. The Morgan fingerprint density at radius 2 is 1.96 bits per heavy atom. The normalized spacial score (nSPS) is 10.5. The standard InChI is InChI=1S/C16H13F2N3O5S/c17-16(18)27-13-4-2-1-3-12(13)20-14(22)8-26-15(23)10-7-9(21(24)25)5-6-11(10)19/h1-7,16H,8,19H2,(H,20,22). The molecular formula is C16H13F2N3O5S. The number of nitrogens with one attached hydrogen (secondary N) is 1. The molecule has 1 amide bonds. The Bertz CT molecular complexity index is 879. The van der Waals surface area contributed by atoms with Crippen molar-refractivity contribution in [1.82, 2.24) is 0 Å². The Labute approximate surface area is 155 Å². The van der Waals surface area contributed by atoms with Crippen molar-refractivity contribution in [2.45, 2.75) is 10.7 Å². The Morgan fingerprint density at radius 1 is 1.26 bits per heavy atom. The van der Waals surface area contributed by atoms with Gasteiger partial charge in [-0.05, 0) is 18.2 Å². The summed E-state index contributed by atoms with van der Waals surface area (Å²) in [5.41, 5.74) is 5.05. The average molecular weight is 397 g/mol. The number of amides is 1. The van der Waals surface area contributed by atoms with Gasteiger partial charge < -0.3 is 15.8 Å². The van der Waals surface area contributed by atoms with Gasteiger partial charge in [-0.3, -0.25) is 14.9 Å². The third-order valence-corrected chi connectivity index (χ3v) is 3.97. The molecule has 2 aromatic carbocycles. The molecule has 0 aliphatic carbocycles. The molecule has 2 aromatic rings. The minimum Gasteiger partial charge on any atom is -0.452 e. The molecule has 3 N–H and O–H groups in total. The lowest BCUT2D eigenvalue weighted by atomic mass is 10.1. The molecule has 11 heteroatoms. The van der Waals surface area contributed by atoms with Gasteiger partial charge in [0.1, 0.15) is 0 Å². The van der Waals surface area contributed by atoms with E-state index in [4.69, 9.17) is 10.5 Å². The molecule has 0 spiro atoms. The Morgan fingerprint density at radius 3 is 2.63 bits per heavy atom. The molecule has 142 valence electrons. The fraction of sp³-hybridized carbons (Fsp3) is 0.125. The summed E-state index contributed by atoms with van der Waals surface area (Å²) in [6.07, 6.45) is 0. The zero-order valence-corrected chi connectivity index (χ0v) is 14.4. The van der Waals surface area contributed by atoms with E-state index in [1.165, 1.54) is 24.3 Å². The molecule has 27 heavy (non-hydrogen) atoms. The van der Waals surface area contributed by atoms with Crippen LogP contribution in [0.15, 0.2) is 47.4 Å². The van der Waals surface area contributed by atoms with Crippen molar-refractivity contribution in [3.05, 3.63) is 58.1 Å². The third-order valence-electron chi connectivity index (χ3n) is 3.18. The first kappa shape index (κ1) is 20.1. The SMILES string of the molecule is Nc1ccc([N+](=O)[O-])cc1C(=O)OCC(=O)Nc1ccccc1SC(F)F. The topological polar surface area (TPSA) is 125 Å². The molecule has 0 aliphatic rings. The summed E-state index contributed by atoms with van der Waals surface area (Å²) in [5.74, 6) is -4.46. The van der Waals surface area contributed by atoms with Crippen LogP contribution in [0.5, 0.6) is 0 Å². The van der Waals surface area contributed by atoms with Crippen LogP contribution in [0.2, 0.25) is 0 Å². The summed E-state index contributed by atoms with van der Waals surface area (Å²) < 4.78 is 29.8. The van der Waals surface area contributed by atoms with Crippen LogP contribution in [-0.4, -0.2) is 29.2 Å². The van der Waals surface area contributed by atoms with Gasteiger partial charge in [0.25, 0.3) is 17.4 Å². The second kappa shape index (κ2) is 8.94. The number of halogens is 2. The highest BCUT2D eigenvalue weighted by molar-refractivity contribution is 7.99. The number of rotatable bonds is 7. The van der Waals surface area contributed by atoms with Crippen molar-refractivity contribution in [2.24, 2.45) is 0 Å². The van der Waals surface area contributed by atoms with Crippen LogP contribution in [0.4, 0.5) is 25.8 Å². The molecule has 0 fully saturated rings. The maximum atomic E-state index is 12.5. The number of nitro groups is 1. The van der Waals surface area contributed by atoms with Crippen LogP contribution in [0.25, 0.3) is 0 Å². The number of nitrogens with two attached hydrogens (primary N) is 1. The number of nitro benzene ring substituents is 1. The van der Waals surface area contributed by atoms with Gasteiger partial charge in [0.05, 0.1) is 16.2 Å². The molecule has 8 nitrogen and oxygen atoms in total. The fourth-order valence-corrected chi connectivity index (χ4v) is 2.59. The number of alkyl halides is 2. The van der Waals surface area contributed by atoms with Crippen LogP contribution in [0, 0.1) is 10.1 Å². The second-order valence-electron chi connectivity index (χ2n) is 5.03. The minimum atomic E-state index is -2.67. The summed E-state index contributed by atoms with van der Waals surface area (Å²) in [7, 11) is 0. The lowest BCUT2D eigenvalue weighted by molar-refractivity contribution is -0.384. The number of hydrogen-bond acceptors (Lipinski definition) is 7. The van der Waals surface area contributed by atoms with Gasteiger partial charge in [-0.2, -0.15) is 8.78 Å². The van der Waals surface area contributed by atoms with Crippen LogP contribution < -0.4 is 11.1 Å². The predicted octanol–water partition coefficient (Wildman–Crippen LogP) is 3.29. The molecule has 0 bridgehead atoms. The van der Waals surface area contributed by atoms with Gasteiger partial charge in [0.2, 0.25) is 0 Å². The summed E-state index contributed by atoms with van der Waals surface area (Å²) in [6, 6.07) is 9.13. The zero-order chi connectivity index (χ0) is 20.0. The van der Waals surface area contributed by atoms with Crippen molar-refractivity contribution in [2.75, 3.05) is 17.7 Å². The molecule has 0 aromatic heterocycles. The molecular weight excluding hydrogens is 384 g/mol. The number of carbonyl (C=O) groups is 2. The number of benzene rings is 2. The highest BCUT2D eigenvalue weighted by atomic mass is 32.2. The van der Waals surface area contributed by atoms with Crippen molar-refractivity contribution in [3.63, 3.8) is 0 Å². The monoisotopic (exact) mass is 397 g/mol. The van der Waals surface area contributed by atoms with Crippen LogP contribution in [-0.2, 0) is 9.53 Å². The smallest absolute Gasteiger partial charge is 0.341 e. The van der Waals surface area contributed by atoms with Crippen molar-refractivity contribution >= 4 is 40.7 Å². The second-order valence-corrected chi connectivity index (χ2v) is 6.06. The number of non-ortho nitro benzene ring substituents is 1. The molecule has 0 aliphatic heterocycles. The predicted molar refractivity (Wildman–Crippen MR) is 94.7 cm³/mol. The van der Waals surface area contributed by atoms with Crippen LogP contribution >= 0.6 is 11.8 Å². The van der Waals surface area contributed by atoms with Gasteiger partial charge in [-0.25, -0.2) is 4.79 Å². The van der Waals surface area contributed by atoms with Crippen LogP contribution in [0.1, 0.15) is 10.4 Å².